The first kappa shape index (κ1) is 21.4. The average molecular weight is 404 g/mol. The normalized spacial score (nSPS) is 18.8. The van der Waals surface area contributed by atoms with E-state index in [1.54, 1.807) is 7.11 Å². The lowest BCUT2D eigenvalue weighted by Crippen LogP contribution is -2.41. The van der Waals surface area contributed by atoms with Crippen LogP contribution in [0.3, 0.4) is 0 Å². The Morgan fingerprint density at radius 1 is 1.11 bits per heavy atom. The molecule has 1 saturated heterocycles. The summed E-state index contributed by atoms with van der Waals surface area (Å²) >= 11 is 0. The number of aromatic nitrogens is 2. The third-order valence-electron chi connectivity index (χ3n) is 5.71. The number of nitrogens with zero attached hydrogens (tertiary/aromatic N) is 2. The van der Waals surface area contributed by atoms with Gasteiger partial charge in [-0.2, -0.15) is 5.10 Å². The van der Waals surface area contributed by atoms with Crippen LogP contribution >= 0.6 is 0 Å². The molecule has 0 radical (unpaired) electrons. The second kappa shape index (κ2) is 7.48. The number of rotatable bonds is 7. The lowest BCUT2D eigenvalue weighted by atomic mass is 9.78. The van der Waals surface area contributed by atoms with Crippen molar-refractivity contribution < 1.29 is 18.8 Å². The topological polar surface area (TPSA) is 54.7 Å². The molecule has 0 saturated carbocycles. The molecule has 2 heterocycles. The number of fused-ring (bicyclic) bond motifs is 1. The molecule has 154 valence electrons. The quantitative estimate of drug-likeness (QED) is 0.521. The summed E-state index contributed by atoms with van der Waals surface area (Å²) in [5.41, 5.74) is 1.07. The van der Waals surface area contributed by atoms with Gasteiger partial charge in [0.05, 0.1) is 30.0 Å². The van der Waals surface area contributed by atoms with Gasteiger partial charge in [0, 0.05) is 31.6 Å². The molecule has 1 aromatic heterocycles. The minimum absolute atomic E-state index is 0.397. The molecule has 6 nitrogen and oxygen atoms in total. The first-order chi connectivity index (χ1) is 12.9. The van der Waals surface area contributed by atoms with Gasteiger partial charge in [-0.15, -0.1) is 0 Å². The summed E-state index contributed by atoms with van der Waals surface area (Å²) in [4.78, 5) is 0. The highest BCUT2D eigenvalue weighted by Crippen LogP contribution is 2.37. The van der Waals surface area contributed by atoms with Crippen molar-refractivity contribution in [1.82, 2.24) is 9.78 Å². The number of ether oxygens (including phenoxy) is 2. The maximum absolute atomic E-state index is 6.21. The summed E-state index contributed by atoms with van der Waals surface area (Å²) in [6.07, 6.45) is 1.85. The van der Waals surface area contributed by atoms with Crippen molar-refractivity contribution in [2.75, 3.05) is 13.7 Å². The van der Waals surface area contributed by atoms with Crippen molar-refractivity contribution in [3.8, 4) is 5.75 Å². The second-order valence-corrected chi connectivity index (χ2v) is 15.4. The smallest absolute Gasteiger partial charge is 0.497 e. The van der Waals surface area contributed by atoms with Crippen molar-refractivity contribution in [2.45, 2.75) is 71.3 Å². The summed E-state index contributed by atoms with van der Waals surface area (Å²) < 4.78 is 25.8. The van der Waals surface area contributed by atoms with E-state index in [2.05, 4.69) is 24.7 Å². The lowest BCUT2D eigenvalue weighted by Gasteiger charge is -2.32. The third kappa shape index (κ3) is 4.30. The monoisotopic (exact) mass is 404 g/mol. The molecule has 28 heavy (non-hydrogen) atoms. The Hall–Kier alpha value is -1.35. The van der Waals surface area contributed by atoms with E-state index in [-0.39, 0.29) is 0 Å². The van der Waals surface area contributed by atoms with Crippen molar-refractivity contribution in [3.63, 3.8) is 0 Å². The van der Waals surface area contributed by atoms with Crippen LogP contribution < -0.4 is 10.2 Å². The fourth-order valence-corrected chi connectivity index (χ4v) is 3.84. The Kier molecular flexibility index (Phi) is 5.71. The molecule has 0 aliphatic carbocycles. The molecule has 0 unspecified atom stereocenters. The lowest BCUT2D eigenvalue weighted by molar-refractivity contribution is 0.00578. The number of hydrogen-bond acceptors (Lipinski definition) is 5. The van der Waals surface area contributed by atoms with Crippen molar-refractivity contribution in [3.05, 3.63) is 18.3 Å². The van der Waals surface area contributed by atoms with Crippen LogP contribution in [0.15, 0.2) is 18.3 Å². The first-order valence-electron chi connectivity index (χ1n) is 9.90. The van der Waals surface area contributed by atoms with Gasteiger partial charge in [0.1, 0.15) is 12.5 Å². The predicted octanol–water partition coefficient (Wildman–Crippen LogP) is 3.66. The third-order valence-corrected chi connectivity index (χ3v) is 7.41. The maximum Gasteiger partial charge on any atom is 0.498 e. The highest BCUT2D eigenvalue weighted by molar-refractivity contribution is 6.76. The molecule has 1 aliphatic heterocycles. The van der Waals surface area contributed by atoms with E-state index in [4.69, 9.17) is 18.8 Å². The van der Waals surface area contributed by atoms with E-state index in [1.165, 1.54) is 0 Å². The van der Waals surface area contributed by atoms with Crippen LogP contribution in [0.25, 0.3) is 10.9 Å². The van der Waals surface area contributed by atoms with Crippen LogP contribution in [0.1, 0.15) is 27.7 Å². The van der Waals surface area contributed by atoms with Crippen LogP contribution in [0.4, 0.5) is 0 Å². The summed E-state index contributed by atoms with van der Waals surface area (Å²) in [7, 11) is 0.0997. The van der Waals surface area contributed by atoms with Crippen LogP contribution in [0.5, 0.6) is 5.75 Å². The van der Waals surface area contributed by atoms with E-state index in [9.17, 15) is 0 Å². The van der Waals surface area contributed by atoms with E-state index < -0.39 is 26.4 Å². The Morgan fingerprint density at radius 3 is 2.32 bits per heavy atom. The minimum Gasteiger partial charge on any atom is -0.497 e. The van der Waals surface area contributed by atoms with Gasteiger partial charge in [-0.1, -0.05) is 19.6 Å². The number of hydrogen-bond donors (Lipinski definition) is 0. The van der Waals surface area contributed by atoms with Crippen molar-refractivity contribution >= 4 is 31.6 Å². The van der Waals surface area contributed by atoms with Crippen molar-refractivity contribution in [1.29, 1.82) is 0 Å². The van der Waals surface area contributed by atoms with Gasteiger partial charge in [-0.25, -0.2) is 4.68 Å². The highest BCUT2D eigenvalue weighted by Gasteiger charge is 2.52. The van der Waals surface area contributed by atoms with E-state index >= 15 is 0 Å². The molecular weight excluding hydrogens is 371 g/mol. The Balaban J connectivity index is 1.82. The number of methoxy groups -OCH3 is 1. The summed E-state index contributed by atoms with van der Waals surface area (Å²) in [5, 5.41) is 5.51. The molecule has 0 N–H and O–H groups in total. The van der Waals surface area contributed by atoms with Gasteiger partial charge in [0.25, 0.3) is 0 Å². The van der Waals surface area contributed by atoms with E-state index in [0.29, 0.717) is 6.73 Å². The van der Waals surface area contributed by atoms with Crippen molar-refractivity contribution in [2.24, 2.45) is 0 Å². The molecule has 1 fully saturated rings. The molecule has 0 bridgehead atoms. The van der Waals surface area contributed by atoms with Gasteiger partial charge in [-0.05, 0) is 39.8 Å². The average Bonchev–Trinajstić information content (AvgIpc) is 3.06. The zero-order chi connectivity index (χ0) is 20.7. The fraction of sp³-hybridized carbons (Fsp3) is 0.650. The molecule has 1 aliphatic rings. The maximum atomic E-state index is 6.21. The second-order valence-electron chi connectivity index (χ2n) is 9.73. The molecule has 3 rings (SSSR count). The van der Waals surface area contributed by atoms with E-state index in [1.807, 2.05) is 50.7 Å². The SMILES string of the molecule is COc1cc2c(cnn2COCC[Si](C)(C)C)cc1B1OC(C)(C)C(C)(C)O1. The minimum atomic E-state index is -1.10. The molecular formula is C20H33BN2O4Si. The van der Waals surface area contributed by atoms with Gasteiger partial charge in [0.15, 0.2) is 0 Å². The fourth-order valence-electron chi connectivity index (χ4n) is 3.09. The van der Waals surface area contributed by atoms with Gasteiger partial charge in [0.2, 0.25) is 0 Å². The molecule has 0 atom stereocenters. The summed E-state index contributed by atoms with van der Waals surface area (Å²) in [5.74, 6) is 0.731. The molecule has 1 aromatic carbocycles. The van der Waals surface area contributed by atoms with Crippen LogP contribution in [-0.2, 0) is 20.8 Å². The van der Waals surface area contributed by atoms with Crippen LogP contribution in [0.2, 0.25) is 25.7 Å². The van der Waals surface area contributed by atoms with Gasteiger partial charge >= 0.3 is 7.12 Å². The number of benzene rings is 1. The Bertz CT molecular complexity index is 829. The summed E-state index contributed by atoms with van der Waals surface area (Å²) in [6, 6.07) is 5.17. The zero-order valence-electron chi connectivity index (χ0n) is 18.5. The molecule has 8 heteroatoms. The van der Waals surface area contributed by atoms with Crippen LogP contribution in [-0.4, -0.2) is 49.9 Å². The molecule has 2 aromatic rings. The Morgan fingerprint density at radius 2 is 1.75 bits per heavy atom. The molecule has 0 spiro atoms. The van der Waals surface area contributed by atoms with E-state index in [0.717, 1.165) is 34.8 Å². The summed E-state index contributed by atoms with van der Waals surface area (Å²) in [6.45, 7) is 16.4. The Labute approximate surface area is 169 Å². The predicted molar refractivity (Wildman–Crippen MR) is 116 cm³/mol. The van der Waals surface area contributed by atoms with Gasteiger partial charge < -0.3 is 18.8 Å². The first-order valence-corrected chi connectivity index (χ1v) is 13.6. The van der Waals surface area contributed by atoms with Gasteiger partial charge in [-0.3, -0.25) is 0 Å². The largest absolute Gasteiger partial charge is 0.498 e. The molecule has 0 amide bonds. The standard InChI is InChI=1S/C20H33BN2O4Si/c1-19(2)20(3,4)27-21(26-19)16-11-15-13-22-23(17(15)12-18(16)24-5)14-25-9-10-28(6,7)8/h11-13H,9-10,14H2,1-8H3. The highest BCUT2D eigenvalue weighted by atomic mass is 28.3. The van der Waals surface area contributed by atoms with Crippen LogP contribution in [0, 0.1) is 0 Å². The zero-order valence-corrected chi connectivity index (χ0v) is 19.5.